The van der Waals surface area contributed by atoms with E-state index in [1.165, 1.54) is 0 Å². The lowest BCUT2D eigenvalue weighted by Crippen LogP contribution is -1.85. The van der Waals surface area contributed by atoms with Crippen LogP contribution in [0.4, 0.5) is 0 Å². The second-order valence-corrected chi connectivity index (χ2v) is 1.77. The summed E-state index contributed by atoms with van der Waals surface area (Å²) in [7, 11) is 0. The Hall–Kier alpha value is 0.0200. The van der Waals surface area contributed by atoms with Crippen molar-refractivity contribution in [2.75, 3.05) is 5.75 Å². The third-order valence-corrected chi connectivity index (χ3v) is 1.18. The van der Waals surface area contributed by atoms with Gasteiger partial charge in [-0.1, -0.05) is 0 Å². The molecular weight excluding hydrogens is 94.1 g/mol. The van der Waals surface area contributed by atoms with Gasteiger partial charge < -0.3 is 0 Å². The van der Waals surface area contributed by atoms with Crippen LogP contribution in [0.3, 0.4) is 0 Å². The van der Waals surface area contributed by atoms with Crippen LogP contribution in [-0.2, 0) is 0 Å². The van der Waals surface area contributed by atoms with Crippen LogP contribution in [0.2, 0.25) is 0 Å². The van der Waals surface area contributed by atoms with Gasteiger partial charge in [0, 0.05) is 18.4 Å². The smallest absolute Gasteiger partial charge is 0.0225 e. The molecule has 1 nitrogen and oxygen atoms in total. The average molecular weight is 99.2 g/mol. The molecule has 1 aliphatic heterocycles. The molecule has 0 N–H and O–H groups in total. The molecule has 0 unspecified atom stereocenters. The average Bonchev–Trinajstić information content (AvgIpc) is 1.72. The number of hydrogen-bond acceptors (Lipinski definition) is 2. The van der Waals surface area contributed by atoms with E-state index in [-0.39, 0.29) is 0 Å². The van der Waals surface area contributed by atoms with Crippen molar-refractivity contribution in [3.63, 3.8) is 0 Å². The zero-order chi connectivity index (χ0) is 4.24. The van der Waals surface area contributed by atoms with Gasteiger partial charge in [0.15, 0.2) is 0 Å². The molecule has 0 aliphatic carbocycles. The van der Waals surface area contributed by atoms with Crippen molar-refractivity contribution >= 4 is 18.2 Å². The third kappa shape index (κ3) is 1.01. The lowest BCUT2D eigenvalue weighted by atomic mass is 10.4. The SMILES string of the molecule is [C]1CC=NSC1. The highest BCUT2D eigenvalue weighted by molar-refractivity contribution is 7.98. The Morgan fingerprint density at radius 3 is 3.00 bits per heavy atom. The Kier molecular flexibility index (Phi) is 1.56. The van der Waals surface area contributed by atoms with Gasteiger partial charge in [-0.25, -0.2) is 4.40 Å². The Morgan fingerprint density at radius 2 is 2.83 bits per heavy atom. The maximum absolute atomic E-state index is 3.91. The fourth-order valence-corrected chi connectivity index (χ4v) is 0.760. The van der Waals surface area contributed by atoms with Gasteiger partial charge in [-0.3, -0.25) is 0 Å². The van der Waals surface area contributed by atoms with E-state index in [2.05, 4.69) is 10.8 Å². The van der Waals surface area contributed by atoms with Gasteiger partial charge in [-0.2, -0.15) is 0 Å². The zero-order valence-electron chi connectivity index (χ0n) is 3.35. The topological polar surface area (TPSA) is 12.4 Å². The minimum absolute atomic E-state index is 0.938. The molecule has 0 aromatic carbocycles. The van der Waals surface area contributed by atoms with Crippen LogP contribution in [0.1, 0.15) is 6.42 Å². The predicted molar refractivity (Wildman–Crippen MR) is 28.8 cm³/mol. The van der Waals surface area contributed by atoms with E-state index < -0.39 is 0 Å². The van der Waals surface area contributed by atoms with Gasteiger partial charge >= 0.3 is 0 Å². The first-order chi connectivity index (χ1) is 3.00. The fourth-order valence-electron chi connectivity index (χ4n) is 0.296. The second-order valence-electron chi connectivity index (χ2n) is 1.02. The van der Waals surface area contributed by atoms with Crippen LogP contribution >= 0.6 is 11.9 Å². The van der Waals surface area contributed by atoms with E-state index in [1.54, 1.807) is 11.9 Å². The van der Waals surface area contributed by atoms with Crippen molar-refractivity contribution in [1.29, 1.82) is 0 Å². The van der Waals surface area contributed by atoms with E-state index in [1.807, 2.05) is 6.21 Å². The molecule has 1 heterocycles. The van der Waals surface area contributed by atoms with Crippen LogP contribution in [0.15, 0.2) is 4.40 Å². The standard InChI is InChI=1S/C4H5NS/c1-2-4-6-5-3-1/h3H,1,4H2. The first-order valence-corrected chi connectivity index (χ1v) is 2.79. The first kappa shape index (κ1) is 4.19. The second kappa shape index (κ2) is 2.24. The van der Waals surface area contributed by atoms with Crippen LogP contribution in [0, 0.1) is 6.42 Å². The summed E-state index contributed by atoms with van der Waals surface area (Å²) < 4.78 is 3.91. The summed E-state index contributed by atoms with van der Waals surface area (Å²) >= 11 is 1.55. The molecule has 0 aromatic rings. The van der Waals surface area contributed by atoms with Gasteiger partial charge in [0.2, 0.25) is 0 Å². The number of hydrogen-bond donors (Lipinski definition) is 0. The quantitative estimate of drug-likeness (QED) is 0.415. The van der Waals surface area contributed by atoms with E-state index in [4.69, 9.17) is 0 Å². The van der Waals surface area contributed by atoms with Crippen LogP contribution < -0.4 is 0 Å². The highest BCUT2D eigenvalue weighted by Crippen LogP contribution is 2.08. The van der Waals surface area contributed by atoms with E-state index >= 15 is 0 Å². The van der Waals surface area contributed by atoms with E-state index in [0.29, 0.717) is 0 Å². The number of rotatable bonds is 0. The van der Waals surface area contributed by atoms with Gasteiger partial charge in [0.1, 0.15) is 0 Å². The monoisotopic (exact) mass is 99.0 g/mol. The maximum Gasteiger partial charge on any atom is 0.0225 e. The molecular formula is C4H5NS. The minimum Gasteiger partial charge on any atom is -0.229 e. The molecule has 1 aliphatic rings. The first-order valence-electron chi connectivity index (χ1n) is 1.84. The predicted octanol–water partition coefficient (Wildman–Crippen LogP) is 1.19. The normalized spacial score (nSPS) is 21.3. The summed E-state index contributed by atoms with van der Waals surface area (Å²) in [5.41, 5.74) is 0. The zero-order valence-corrected chi connectivity index (χ0v) is 4.16. The van der Waals surface area contributed by atoms with E-state index in [0.717, 1.165) is 12.2 Å². The molecule has 0 saturated heterocycles. The highest BCUT2D eigenvalue weighted by atomic mass is 32.2. The van der Waals surface area contributed by atoms with Crippen molar-refractivity contribution in [2.45, 2.75) is 6.42 Å². The molecule has 32 valence electrons. The van der Waals surface area contributed by atoms with Gasteiger partial charge in [0.05, 0.1) is 0 Å². The van der Waals surface area contributed by atoms with Gasteiger partial charge in [0.25, 0.3) is 0 Å². The van der Waals surface area contributed by atoms with Crippen molar-refractivity contribution in [3.05, 3.63) is 6.42 Å². The molecule has 2 heteroatoms. The molecule has 0 spiro atoms. The van der Waals surface area contributed by atoms with E-state index in [9.17, 15) is 0 Å². The lowest BCUT2D eigenvalue weighted by Gasteiger charge is -1.95. The summed E-state index contributed by atoms with van der Waals surface area (Å²) in [6.45, 7) is 0. The molecule has 1 rings (SSSR count). The largest absolute Gasteiger partial charge is 0.229 e. The van der Waals surface area contributed by atoms with Crippen LogP contribution in [0.5, 0.6) is 0 Å². The molecule has 0 bridgehead atoms. The summed E-state index contributed by atoms with van der Waals surface area (Å²) in [5.74, 6) is 0.969. The number of nitrogens with zero attached hydrogens (tertiary/aromatic N) is 1. The highest BCUT2D eigenvalue weighted by Gasteiger charge is 1.90. The summed E-state index contributed by atoms with van der Waals surface area (Å²) in [5, 5.41) is 0. The summed E-state index contributed by atoms with van der Waals surface area (Å²) in [6, 6.07) is 0. The Balaban J connectivity index is 2.26. The molecule has 0 fully saturated rings. The van der Waals surface area contributed by atoms with Gasteiger partial charge in [-0.05, 0) is 18.4 Å². The van der Waals surface area contributed by atoms with Crippen molar-refractivity contribution in [3.8, 4) is 0 Å². The molecule has 0 amide bonds. The van der Waals surface area contributed by atoms with Crippen LogP contribution in [-0.4, -0.2) is 12.0 Å². The maximum atomic E-state index is 3.91. The fraction of sp³-hybridized carbons (Fsp3) is 0.500. The molecule has 0 aromatic heterocycles. The van der Waals surface area contributed by atoms with Crippen LogP contribution in [0.25, 0.3) is 0 Å². The van der Waals surface area contributed by atoms with Crippen molar-refractivity contribution in [1.82, 2.24) is 0 Å². The molecule has 6 heavy (non-hydrogen) atoms. The molecule has 0 atom stereocenters. The minimum atomic E-state index is 0.938. The Bertz CT molecular complexity index is 52.6. The van der Waals surface area contributed by atoms with Crippen molar-refractivity contribution < 1.29 is 0 Å². The summed E-state index contributed by atoms with van der Waals surface area (Å²) in [6.07, 6.45) is 5.91. The molecule has 0 saturated carbocycles. The lowest BCUT2D eigenvalue weighted by molar-refractivity contribution is 1.29. The third-order valence-electron chi connectivity index (χ3n) is 0.551. The molecule has 2 radical (unpaired) electrons. The Labute approximate surface area is 42.0 Å². The van der Waals surface area contributed by atoms with Gasteiger partial charge in [-0.15, -0.1) is 0 Å². The Morgan fingerprint density at radius 1 is 1.83 bits per heavy atom. The summed E-state index contributed by atoms with van der Waals surface area (Å²) in [4.78, 5) is 0. The van der Waals surface area contributed by atoms with Crippen molar-refractivity contribution in [2.24, 2.45) is 4.40 Å².